The van der Waals surface area contributed by atoms with E-state index in [-0.39, 0.29) is 24.2 Å². The number of hydrogen-bond acceptors (Lipinski definition) is 4. The molecule has 6 nitrogen and oxygen atoms in total. The van der Waals surface area contributed by atoms with E-state index >= 15 is 0 Å². The molecule has 0 radical (unpaired) electrons. The molecule has 24 heavy (non-hydrogen) atoms. The molecule has 0 spiro atoms. The number of benzene rings is 1. The largest absolute Gasteiger partial charge is 0.495 e. The third kappa shape index (κ3) is 3.70. The summed E-state index contributed by atoms with van der Waals surface area (Å²) in [4.78, 5) is 26.4. The molecule has 2 heterocycles. The van der Waals surface area contributed by atoms with Crippen LogP contribution in [-0.2, 0) is 9.59 Å². The first kappa shape index (κ1) is 16.8. The lowest BCUT2D eigenvalue weighted by atomic mass is 9.99. The van der Waals surface area contributed by atoms with Gasteiger partial charge in [-0.3, -0.25) is 9.59 Å². The highest BCUT2D eigenvalue weighted by molar-refractivity contribution is 6.01. The molecule has 0 aromatic heterocycles. The predicted octanol–water partition coefficient (Wildman–Crippen LogP) is 1.16. The summed E-state index contributed by atoms with van der Waals surface area (Å²) in [5.41, 5.74) is 0.733. The van der Waals surface area contributed by atoms with E-state index in [0.29, 0.717) is 24.8 Å². The maximum atomic E-state index is 12.4. The molecular formula is C18H25N3O3. The van der Waals surface area contributed by atoms with Crippen molar-refractivity contribution in [3.05, 3.63) is 24.3 Å². The van der Waals surface area contributed by atoms with Gasteiger partial charge < -0.3 is 20.3 Å². The van der Waals surface area contributed by atoms with Gasteiger partial charge in [0, 0.05) is 19.5 Å². The second-order valence-electron chi connectivity index (χ2n) is 6.53. The molecule has 2 aliphatic heterocycles. The van der Waals surface area contributed by atoms with Gasteiger partial charge in [-0.1, -0.05) is 12.1 Å². The molecule has 0 bridgehead atoms. The summed E-state index contributed by atoms with van der Waals surface area (Å²) in [6.07, 6.45) is 2.56. The first-order chi connectivity index (χ1) is 11.7. The van der Waals surface area contributed by atoms with Gasteiger partial charge in [0.15, 0.2) is 0 Å². The first-order valence-corrected chi connectivity index (χ1v) is 8.61. The lowest BCUT2D eigenvalue weighted by molar-refractivity contribution is -0.126. The van der Waals surface area contributed by atoms with E-state index in [1.165, 1.54) is 0 Å². The summed E-state index contributed by atoms with van der Waals surface area (Å²) in [5, 5.41) is 6.38. The fourth-order valence-corrected chi connectivity index (χ4v) is 3.46. The minimum Gasteiger partial charge on any atom is -0.495 e. The zero-order valence-electron chi connectivity index (χ0n) is 14.1. The van der Waals surface area contributed by atoms with Gasteiger partial charge in [-0.25, -0.2) is 0 Å². The van der Waals surface area contributed by atoms with Gasteiger partial charge in [0.1, 0.15) is 5.75 Å². The van der Waals surface area contributed by atoms with Gasteiger partial charge in [-0.2, -0.15) is 0 Å². The number of carbonyl (C=O) groups is 2. The Morgan fingerprint density at radius 1 is 1.42 bits per heavy atom. The van der Waals surface area contributed by atoms with Crippen LogP contribution in [0, 0.1) is 11.8 Å². The number of piperidine rings is 1. The summed E-state index contributed by atoms with van der Waals surface area (Å²) in [6, 6.07) is 7.41. The molecule has 1 aromatic carbocycles. The van der Waals surface area contributed by atoms with E-state index in [4.69, 9.17) is 4.74 Å². The van der Waals surface area contributed by atoms with Gasteiger partial charge >= 0.3 is 0 Å². The van der Waals surface area contributed by atoms with Gasteiger partial charge in [-0.15, -0.1) is 0 Å². The van der Waals surface area contributed by atoms with Gasteiger partial charge in [0.25, 0.3) is 0 Å². The van der Waals surface area contributed by atoms with Crippen LogP contribution >= 0.6 is 0 Å². The number of anilines is 1. The topological polar surface area (TPSA) is 70.7 Å². The molecule has 2 aliphatic rings. The zero-order chi connectivity index (χ0) is 16.9. The molecule has 0 aliphatic carbocycles. The van der Waals surface area contributed by atoms with Crippen LogP contribution in [0.4, 0.5) is 5.69 Å². The smallest absolute Gasteiger partial charge is 0.227 e. The second-order valence-corrected chi connectivity index (χ2v) is 6.53. The van der Waals surface area contributed by atoms with Crippen LogP contribution in [0.5, 0.6) is 5.75 Å². The molecule has 2 saturated heterocycles. The molecule has 2 amide bonds. The van der Waals surface area contributed by atoms with E-state index in [9.17, 15) is 9.59 Å². The lowest BCUT2D eigenvalue weighted by Gasteiger charge is -2.23. The van der Waals surface area contributed by atoms with Crippen LogP contribution in [0.2, 0.25) is 0 Å². The molecule has 1 aromatic rings. The average Bonchev–Trinajstić information content (AvgIpc) is 3.02. The number of rotatable bonds is 5. The number of para-hydroxylation sites is 2. The fraction of sp³-hybridized carbons (Fsp3) is 0.556. The van der Waals surface area contributed by atoms with Gasteiger partial charge in [0.05, 0.1) is 18.7 Å². The monoisotopic (exact) mass is 331 g/mol. The Balaban J connectivity index is 1.58. The Kier molecular flexibility index (Phi) is 5.35. The Labute approximate surface area is 142 Å². The number of methoxy groups -OCH3 is 1. The highest BCUT2D eigenvalue weighted by Crippen LogP contribution is 2.32. The van der Waals surface area contributed by atoms with E-state index in [0.717, 1.165) is 31.6 Å². The van der Waals surface area contributed by atoms with Gasteiger partial charge in [-0.05, 0) is 44.0 Å². The summed E-state index contributed by atoms with van der Waals surface area (Å²) >= 11 is 0. The molecule has 0 saturated carbocycles. The van der Waals surface area contributed by atoms with Crippen molar-refractivity contribution >= 4 is 17.5 Å². The summed E-state index contributed by atoms with van der Waals surface area (Å²) in [5.74, 6) is 0.801. The Morgan fingerprint density at radius 2 is 2.25 bits per heavy atom. The predicted molar refractivity (Wildman–Crippen MR) is 92.1 cm³/mol. The maximum absolute atomic E-state index is 12.4. The number of amides is 2. The third-order valence-electron chi connectivity index (χ3n) is 4.84. The number of nitrogens with one attached hydrogen (secondary N) is 2. The number of hydrogen-bond donors (Lipinski definition) is 2. The molecule has 3 rings (SSSR count). The van der Waals surface area contributed by atoms with Crippen LogP contribution in [0.25, 0.3) is 0 Å². The van der Waals surface area contributed by atoms with Crippen molar-refractivity contribution in [3.8, 4) is 5.75 Å². The van der Waals surface area contributed by atoms with Gasteiger partial charge in [0.2, 0.25) is 11.8 Å². The maximum Gasteiger partial charge on any atom is 0.227 e. The van der Waals surface area contributed by atoms with Crippen molar-refractivity contribution in [1.82, 2.24) is 10.6 Å². The fourth-order valence-electron chi connectivity index (χ4n) is 3.46. The second kappa shape index (κ2) is 7.66. The van der Waals surface area contributed by atoms with Crippen LogP contribution in [0.15, 0.2) is 24.3 Å². The van der Waals surface area contributed by atoms with Crippen LogP contribution in [-0.4, -0.2) is 45.1 Å². The minimum atomic E-state index is -0.293. The average molecular weight is 331 g/mol. The van der Waals surface area contributed by atoms with Crippen molar-refractivity contribution in [2.45, 2.75) is 19.3 Å². The molecule has 2 unspecified atom stereocenters. The van der Waals surface area contributed by atoms with E-state index in [1.807, 2.05) is 24.3 Å². The SMILES string of the molecule is COc1ccccc1N1CC(C(=O)NCC2CCCNC2)CC1=O. The third-order valence-corrected chi connectivity index (χ3v) is 4.84. The highest BCUT2D eigenvalue weighted by Gasteiger charge is 2.36. The molecule has 2 N–H and O–H groups in total. The van der Waals surface area contributed by atoms with E-state index in [2.05, 4.69) is 10.6 Å². The van der Waals surface area contributed by atoms with Crippen LogP contribution < -0.4 is 20.3 Å². The standard InChI is InChI=1S/C18H25N3O3/c1-24-16-7-3-2-6-15(16)21-12-14(9-17(21)22)18(23)20-11-13-5-4-8-19-10-13/h2-3,6-7,13-14,19H,4-5,8-12H2,1H3,(H,20,23). The molecule has 2 fully saturated rings. The minimum absolute atomic E-state index is 0.0219. The van der Waals surface area contributed by atoms with Crippen molar-refractivity contribution in [2.24, 2.45) is 11.8 Å². The summed E-state index contributed by atoms with van der Waals surface area (Å²) < 4.78 is 5.33. The molecular weight excluding hydrogens is 306 g/mol. The first-order valence-electron chi connectivity index (χ1n) is 8.61. The molecule has 6 heteroatoms. The number of nitrogens with zero attached hydrogens (tertiary/aromatic N) is 1. The van der Waals surface area contributed by atoms with Crippen LogP contribution in [0.1, 0.15) is 19.3 Å². The lowest BCUT2D eigenvalue weighted by Crippen LogP contribution is -2.40. The summed E-state index contributed by atoms with van der Waals surface area (Å²) in [7, 11) is 1.59. The highest BCUT2D eigenvalue weighted by atomic mass is 16.5. The Morgan fingerprint density at radius 3 is 3.00 bits per heavy atom. The van der Waals surface area contributed by atoms with Crippen molar-refractivity contribution < 1.29 is 14.3 Å². The van der Waals surface area contributed by atoms with E-state index in [1.54, 1.807) is 12.0 Å². The van der Waals surface area contributed by atoms with Crippen molar-refractivity contribution in [2.75, 3.05) is 38.2 Å². The quantitative estimate of drug-likeness (QED) is 0.849. The van der Waals surface area contributed by atoms with Crippen molar-refractivity contribution in [1.29, 1.82) is 0 Å². The normalized spacial score (nSPS) is 24.0. The Hall–Kier alpha value is -2.08. The molecule has 130 valence electrons. The Bertz CT molecular complexity index is 599. The number of ether oxygens (including phenoxy) is 1. The van der Waals surface area contributed by atoms with Crippen molar-refractivity contribution in [3.63, 3.8) is 0 Å². The number of carbonyl (C=O) groups excluding carboxylic acids is 2. The summed E-state index contributed by atoms with van der Waals surface area (Å²) in [6.45, 7) is 3.12. The van der Waals surface area contributed by atoms with Crippen LogP contribution in [0.3, 0.4) is 0 Å². The molecule has 2 atom stereocenters. The van der Waals surface area contributed by atoms with E-state index < -0.39 is 0 Å². The zero-order valence-corrected chi connectivity index (χ0v) is 14.1.